The average Bonchev–Trinajstić information content (AvgIpc) is 3.13. The molecule has 1 aliphatic heterocycles. The molecule has 0 fully saturated rings. The Kier molecular flexibility index (Phi) is 15.5. The topological polar surface area (TPSA) is 41.6 Å². The predicted molar refractivity (Wildman–Crippen MR) is 134 cm³/mol. The standard InChI is InChI=1S/C10H12N2.C8H10ClNS.C4H6.C2H6/c1-12-8-7-10(11)9-5-3-2-4-6-9;1-10-3-2-6-4-8(9)11-7(6)5-10;1-3-4-2;1-2/h2-8H,11H2,1H3;4H,2-3,5H2,1H3;3-4H,1-2H2;1-2H3/b10-7-,12-8?;;;. The van der Waals surface area contributed by atoms with Gasteiger partial charge in [0.1, 0.15) is 0 Å². The van der Waals surface area contributed by atoms with E-state index >= 15 is 0 Å². The maximum atomic E-state index is 5.90. The van der Waals surface area contributed by atoms with Gasteiger partial charge in [-0.15, -0.1) is 11.3 Å². The number of allylic oxidation sites excluding steroid dienone is 3. The largest absolute Gasteiger partial charge is 0.398 e. The molecule has 0 atom stereocenters. The molecule has 29 heavy (non-hydrogen) atoms. The minimum absolute atomic E-state index is 0.737. The molecule has 2 N–H and O–H groups in total. The van der Waals surface area contributed by atoms with Crippen molar-refractivity contribution < 1.29 is 0 Å². The van der Waals surface area contributed by atoms with Gasteiger partial charge in [0.05, 0.1) is 4.34 Å². The lowest BCUT2D eigenvalue weighted by Gasteiger charge is -2.21. The summed E-state index contributed by atoms with van der Waals surface area (Å²) in [6.45, 7) is 13.0. The van der Waals surface area contributed by atoms with Crippen LogP contribution >= 0.6 is 22.9 Å². The lowest BCUT2D eigenvalue weighted by molar-refractivity contribution is 0.317. The van der Waals surface area contributed by atoms with Gasteiger partial charge in [-0.1, -0.05) is 81.1 Å². The van der Waals surface area contributed by atoms with Crippen LogP contribution in [-0.2, 0) is 13.0 Å². The predicted octanol–water partition coefficient (Wildman–Crippen LogP) is 6.46. The van der Waals surface area contributed by atoms with E-state index in [1.54, 1.807) is 42.8 Å². The summed E-state index contributed by atoms with van der Waals surface area (Å²) >= 11 is 7.62. The summed E-state index contributed by atoms with van der Waals surface area (Å²) in [5.74, 6) is 0. The summed E-state index contributed by atoms with van der Waals surface area (Å²) in [6.07, 6.45) is 7.91. The van der Waals surface area contributed by atoms with Gasteiger partial charge < -0.3 is 10.6 Å². The van der Waals surface area contributed by atoms with E-state index in [2.05, 4.69) is 36.2 Å². The molecular formula is C24H34ClN3S. The molecule has 0 unspecified atom stereocenters. The van der Waals surface area contributed by atoms with Crippen LogP contribution in [0.1, 0.15) is 29.9 Å². The Balaban J connectivity index is 0.000000428. The minimum atomic E-state index is 0.737. The monoisotopic (exact) mass is 431 g/mol. The molecule has 3 nitrogen and oxygen atoms in total. The number of hydrogen-bond acceptors (Lipinski definition) is 4. The number of benzene rings is 1. The van der Waals surface area contributed by atoms with E-state index in [4.69, 9.17) is 17.3 Å². The summed E-state index contributed by atoms with van der Waals surface area (Å²) in [5, 5.41) is 0. The van der Waals surface area contributed by atoms with E-state index in [1.807, 2.05) is 44.2 Å². The molecular weight excluding hydrogens is 398 g/mol. The van der Waals surface area contributed by atoms with Gasteiger partial charge in [-0.3, -0.25) is 4.99 Å². The summed E-state index contributed by atoms with van der Waals surface area (Å²) < 4.78 is 0.935. The summed E-state index contributed by atoms with van der Waals surface area (Å²) in [7, 11) is 3.87. The second-order valence-corrected chi connectivity index (χ2v) is 7.62. The number of thiophene rings is 1. The van der Waals surface area contributed by atoms with Gasteiger partial charge in [-0.2, -0.15) is 0 Å². The zero-order chi connectivity index (χ0) is 22.1. The first-order chi connectivity index (χ1) is 14.0. The number of hydrogen-bond donors (Lipinski definition) is 1. The molecule has 0 amide bonds. The maximum Gasteiger partial charge on any atom is 0.0934 e. The highest BCUT2D eigenvalue weighted by atomic mass is 35.5. The van der Waals surface area contributed by atoms with Crippen LogP contribution in [0.3, 0.4) is 0 Å². The number of nitrogens with two attached hydrogens (primary N) is 1. The fraction of sp³-hybridized carbons (Fsp3) is 0.292. The quantitative estimate of drug-likeness (QED) is 0.447. The summed E-state index contributed by atoms with van der Waals surface area (Å²) in [5.41, 5.74) is 8.97. The van der Waals surface area contributed by atoms with Gasteiger partial charge in [-0.25, -0.2) is 0 Å². The van der Waals surface area contributed by atoms with Crippen LogP contribution < -0.4 is 5.73 Å². The Labute approximate surface area is 185 Å². The fourth-order valence-electron chi connectivity index (χ4n) is 2.29. The van der Waals surface area contributed by atoms with Crippen molar-refractivity contribution >= 4 is 34.8 Å². The fourth-order valence-corrected chi connectivity index (χ4v) is 3.72. The third-order valence-electron chi connectivity index (χ3n) is 3.72. The van der Waals surface area contributed by atoms with E-state index in [-0.39, 0.29) is 0 Å². The molecule has 158 valence electrons. The number of halogens is 1. The Morgan fingerprint density at radius 1 is 1.21 bits per heavy atom. The normalized spacial score (nSPS) is 12.9. The van der Waals surface area contributed by atoms with Gasteiger partial charge in [0.25, 0.3) is 0 Å². The van der Waals surface area contributed by atoms with Crippen molar-refractivity contribution in [2.45, 2.75) is 26.8 Å². The lowest BCUT2D eigenvalue weighted by Crippen LogP contribution is -2.24. The molecule has 0 saturated carbocycles. The molecule has 1 aromatic carbocycles. The van der Waals surface area contributed by atoms with Crippen LogP contribution in [0.25, 0.3) is 5.70 Å². The number of rotatable bonds is 3. The van der Waals surface area contributed by atoms with Crippen LogP contribution in [0.5, 0.6) is 0 Å². The molecule has 2 aromatic rings. The van der Waals surface area contributed by atoms with Crippen molar-refractivity contribution in [1.29, 1.82) is 0 Å². The Morgan fingerprint density at radius 3 is 2.38 bits per heavy atom. The van der Waals surface area contributed by atoms with Crippen LogP contribution in [0.4, 0.5) is 0 Å². The first-order valence-corrected chi connectivity index (χ1v) is 10.8. The molecule has 1 aromatic heterocycles. The van der Waals surface area contributed by atoms with E-state index < -0.39 is 0 Å². The van der Waals surface area contributed by atoms with Crippen molar-refractivity contribution in [2.24, 2.45) is 10.7 Å². The second kappa shape index (κ2) is 16.8. The van der Waals surface area contributed by atoms with Crippen molar-refractivity contribution in [1.82, 2.24) is 4.90 Å². The molecule has 1 aliphatic rings. The third-order valence-corrected chi connectivity index (χ3v) is 5.01. The number of nitrogens with zero attached hydrogens (tertiary/aromatic N) is 2. The Morgan fingerprint density at radius 2 is 1.83 bits per heavy atom. The maximum absolute atomic E-state index is 5.90. The number of fused-ring (bicyclic) bond motifs is 1. The second-order valence-electron chi connectivity index (χ2n) is 5.85. The molecule has 0 spiro atoms. The summed E-state index contributed by atoms with van der Waals surface area (Å²) in [6, 6.07) is 11.9. The smallest absolute Gasteiger partial charge is 0.0934 e. The van der Waals surface area contributed by atoms with Crippen LogP contribution in [0, 0.1) is 0 Å². The molecule has 3 rings (SSSR count). The van der Waals surface area contributed by atoms with Crippen molar-refractivity contribution in [3.05, 3.63) is 88.1 Å². The van der Waals surface area contributed by atoms with Gasteiger partial charge in [-0.05, 0) is 36.7 Å². The van der Waals surface area contributed by atoms with Crippen LogP contribution in [0.2, 0.25) is 4.34 Å². The average molecular weight is 432 g/mol. The van der Waals surface area contributed by atoms with E-state index in [0.717, 1.165) is 28.6 Å². The third kappa shape index (κ3) is 11.4. The molecule has 5 heteroatoms. The zero-order valence-corrected chi connectivity index (χ0v) is 19.6. The van der Waals surface area contributed by atoms with E-state index in [1.165, 1.54) is 17.0 Å². The van der Waals surface area contributed by atoms with Crippen molar-refractivity contribution in [2.75, 3.05) is 20.6 Å². The zero-order valence-electron chi connectivity index (χ0n) is 18.1. The highest BCUT2D eigenvalue weighted by molar-refractivity contribution is 7.16. The Hall–Kier alpha value is -2.14. The highest BCUT2D eigenvalue weighted by Gasteiger charge is 2.15. The molecule has 0 radical (unpaired) electrons. The Bertz CT molecular complexity index is 758. The lowest BCUT2D eigenvalue weighted by atomic mass is 10.1. The highest BCUT2D eigenvalue weighted by Crippen LogP contribution is 2.30. The van der Waals surface area contributed by atoms with Gasteiger partial charge in [0.15, 0.2) is 0 Å². The van der Waals surface area contributed by atoms with Gasteiger partial charge in [0.2, 0.25) is 0 Å². The molecule has 2 heterocycles. The molecule has 0 aliphatic carbocycles. The summed E-state index contributed by atoms with van der Waals surface area (Å²) in [4.78, 5) is 7.60. The first-order valence-electron chi connectivity index (χ1n) is 9.64. The molecule has 0 bridgehead atoms. The molecule has 0 saturated heterocycles. The van der Waals surface area contributed by atoms with Crippen molar-refractivity contribution in [3.63, 3.8) is 0 Å². The van der Waals surface area contributed by atoms with Crippen molar-refractivity contribution in [3.8, 4) is 0 Å². The first kappa shape index (κ1) is 26.9. The van der Waals surface area contributed by atoms with Gasteiger partial charge >= 0.3 is 0 Å². The SMILES string of the molecule is C=CC=C.CC.CN1CCc2cc(Cl)sc2C1.CN=C/C=C(\N)c1ccccc1. The van der Waals surface area contributed by atoms with E-state index in [9.17, 15) is 0 Å². The van der Waals surface area contributed by atoms with Crippen LogP contribution in [-0.4, -0.2) is 31.8 Å². The van der Waals surface area contributed by atoms with Crippen LogP contribution in [0.15, 0.2) is 72.8 Å². The number of likely N-dealkylation sites (N-methyl/N-ethyl adjacent to an activating group) is 1. The minimum Gasteiger partial charge on any atom is -0.398 e. The van der Waals surface area contributed by atoms with E-state index in [0.29, 0.717) is 0 Å². The van der Waals surface area contributed by atoms with Gasteiger partial charge in [0, 0.05) is 36.9 Å². The number of aliphatic imine (C=N–C) groups is 1.